The maximum absolute atomic E-state index is 11.2. The second kappa shape index (κ2) is 5.27. The molecule has 4 nitrogen and oxygen atoms in total. The molecule has 1 aromatic carbocycles. The van der Waals surface area contributed by atoms with E-state index in [0.29, 0.717) is 17.1 Å². The van der Waals surface area contributed by atoms with Crippen LogP contribution < -0.4 is 0 Å². The molecule has 20 heavy (non-hydrogen) atoms. The number of nitrogens with zero attached hydrogens (tertiary/aromatic N) is 2. The number of hydrogen-bond acceptors (Lipinski definition) is 2. The average molecular weight is 272 g/mol. The summed E-state index contributed by atoms with van der Waals surface area (Å²) < 4.78 is 2.18. The molecule has 1 aliphatic rings. The Kier molecular flexibility index (Phi) is 3.47. The van der Waals surface area contributed by atoms with Crippen molar-refractivity contribution in [3.05, 3.63) is 30.1 Å². The fraction of sp³-hybridized carbons (Fsp3) is 0.500. The van der Waals surface area contributed by atoms with Crippen molar-refractivity contribution in [2.24, 2.45) is 5.92 Å². The summed E-state index contributed by atoms with van der Waals surface area (Å²) in [4.78, 5) is 15.6. The summed E-state index contributed by atoms with van der Waals surface area (Å²) in [5.41, 5.74) is 1.86. The lowest BCUT2D eigenvalue weighted by molar-refractivity contribution is 0.0699. The number of aromatic carboxylic acids is 1. The summed E-state index contributed by atoms with van der Waals surface area (Å²) in [5, 5.41) is 9.23. The molecular weight excluding hydrogens is 252 g/mol. The first-order chi connectivity index (χ1) is 9.70. The van der Waals surface area contributed by atoms with Gasteiger partial charge in [0.05, 0.1) is 17.4 Å². The number of carboxylic acid groups (broad SMARTS) is 1. The Labute approximate surface area is 118 Å². The molecule has 1 fully saturated rings. The topological polar surface area (TPSA) is 55.1 Å². The number of para-hydroxylation sites is 1. The van der Waals surface area contributed by atoms with E-state index < -0.39 is 5.97 Å². The van der Waals surface area contributed by atoms with Crippen LogP contribution in [0.5, 0.6) is 0 Å². The maximum atomic E-state index is 11.2. The zero-order valence-electron chi connectivity index (χ0n) is 11.7. The van der Waals surface area contributed by atoms with Crippen molar-refractivity contribution >= 4 is 17.0 Å². The number of imidazole rings is 1. The van der Waals surface area contributed by atoms with Crippen molar-refractivity contribution in [1.29, 1.82) is 0 Å². The Morgan fingerprint density at radius 1 is 1.45 bits per heavy atom. The number of hydrogen-bond donors (Lipinski definition) is 1. The number of benzene rings is 1. The maximum Gasteiger partial charge on any atom is 0.337 e. The molecule has 0 saturated heterocycles. The number of rotatable bonds is 3. The lowest BCUT2D eigenvalue weighted by Crippen LogP contribution is -2.18. The van der Waals surface area contributed by atoms with E-state index in [9.17, 15) is 9.90 Å². The van der Waals surface area contributed by atoms with Gasteiger partial charge in [0.25, 0.3) is 0 Å². The number of carboxylic acids is 1. The van der Waals surface area contributed by atoms with Gasteiger partial charge in [-0.15, -0.1) is 0 Å². The molecule has 0 aliphatic heterocycles. The lowest BCUT2D eigenvalue weighted by Gasteiger charge is -2.29. The average Bonchev–Trinajstić information content (AvgIpc) is 2.91. The summed E-state index contributed by atoms with van der Waals surface area (Å²) in [7, 11) is 0. The number of aromatic nitrogens is 2. The van der Waals surface area contributed by atoms with Gasteiger partial charge >= 0.3 is 5.97 Å². The first-order valence-electron chi connectivity index (χ1n) is 7.39. The van der Waals surface area contributed by atoms with Crippen LogP contribution >= 0.6 is 0 Å². The molecule has 1 heterocycles. The van der Waals surface area contributed by atoms with E-state index in [4.69, 9.17) is 0 Å². The van der Waals surface area contributed by atoms with Gasteiger partial charge in [0.2, 0.25) is 0 Å². The van der Waals surface area contributed by atoms with E-state index >= 15 is 0 Å². The number of carbonyl (C=O) groups is 1. The van der Waals surface area contributed by atoms with Crippen LogP contribution in [0.3, 0.4) is 0 Å². The highest BCUT2D eigenvalue weighted by molar-refractivity contribution is 6.00. The van der Waals surface area contributed by atoms with Gasteiger partial charge in [-0.05, 0) is 30.9 Å². The normalized spacial score (nSPS) is 23.1. The van der Waals surface area contributed by atoms with Gasteiger partial charge in [0.15, 0.2) is 0 Å². The quantitative estimate of drug-likeness (QED) is 0.922. The predicted octanol–water partition coefficient (Wildman–Crippen LogP) is 3.88. The zero-order valence-corrected chi connectivity index (χ0v) is 11.7. The summed E-state index contributed by atoms with van der Waals surface area (Å²) in [6, 6.07) is 5.87. The minimum atomic E-state index is -0.907. The predicted molar refractivity (Wildman–Crippen MR) is 78.0 cm³/mol. The van der Waals surface area contributed by atoms with Crippen molar-refractivity contribution < 1.29 is 9.90 Å². The van der Waals surface area contributed by atoms with Crippen LogP contribution in [-0.4, -0.2) is 20.6 Å². The van der Waals surface area contributed by atoms with Gasteiger partial charge in [-0.25, -0.2) is 9.78 Å². The van der Waals surface area contributed by atoms with Gasteiger partial charge in [-0.1, -0.05) is 32.3 Å². The molecule has 0 amide bonds. The van der Waals surface area contributed by atoms with Crippen LogP contribution in [-0.2, 0) is 0 Å². The van der Waals surface area contributed by atoms with Crippen molar-refractivity contribution in [3.8, 4) is 0 Å². The largest absolute Gasteiger partial charge is 0.478 e. The third kappa shape index (κ3) is 2.19. The molecule has 2 aromatic rings. The third-order valence-corrected chi connectivity index (χ3v) is 4.56. The SMILES string of the molecule is CCC1CCCC(n2cnc3c(C(=O)O)cccc32)C1. The summed E-state index contributed by atoms with van der Waals surface area (Å²) >= 11 is 0. The fourth-order valence-electron chi connectivity index (χ4n) is 3.41. The van der Waals surface area contributed by atoms with Crippen molar-refractivity contribution in [1.82, 2.24) is 9.55 Å². The summed E-state index contributed by atoms with van der Waals surface area (Å²) in [5.74, 6) is -0.121. The monoisotopic (exact) mass is 272 g/mol. The van der Waals surface area contributed by atoms with Crippen molar-refractivity contribution in [2.75, 3.05) is 0 Å². The van der Waals surface area contributed by atoms with Gasteiger partial charge in [0, 0.05) is 6.04 Å². The molecule has 2 unspecified atom stereocenters. The highest BCUT2D eigenvalue weighted by atomic mass is 16.4. The molecule has 1 aliphatic carbocycles. The minimum Gasteiger partial charge on any atom is -0.478 e. The smallest absolute Gasteiger partial charge is 0.337 e. The standard InChI is InChI=1S/C16H20N2O2/c1-2-11-5-3-6-12(9-11)18-10-17-15-13(16(19)20)7-4-8-14(15)18/h4,7-8,10-12H,2-3,5-6,9H2,1H3,(H,19,20). The number of fused-ring (bicyclic) bond motifs is 1. The molecule has 106 valence electrons. The van der Waals surface area contributed by atoms with E-state index in [2.05, 4.69) is 16.5 Å². The molecule has 0 spiro atoms. The van der Waals surface area contributed by atoms with E-state index in [1.54, 1.807) is 6.07 Å². The molecule has 2 atom stereocenters. The van der Waals surface area contributed by atoms with Gasteiger partial charge in [-0.2, -0.15) is 0 Å². The molecular formula is C16H20N2O2. The van der Waals surface area contributed by atoms with Crippen molar-refractivity contribution in [2.45, 2.75) is 45.1 Å². The molecule has 4 heteroatoms. The fourth-order valence-corrected chi connectivity index (χ4v) is 3.41. The van der Waals surface area contributed by atoms with Crippen LogP contribution in [0.25, 0.3) is 11.0 Å². The van der Waals surface area contributed by atoms with Gasteiger partial charge < -0.3 is 9.67 Å². The van der Waals surface area contributed by atoms with E-state index in [-0.39, 0.29) is 0 Å². The molecule has 0 radical (unpaired) electrons. The van der Waals surface area contributed by atoms with Crippen LogP contribution in [0.1, 0.15) is 55.4 Å². The second-order valence-corrected chi connectivity index (χ2v) is 5.73. The summed E-state index contributed by atoms with van der Waals surface area (Å²) in [6.07, 6.45) is 7.96. The lowest BCUT2D eigenvalue weighted by atomic mass is 9.84. The second-order valence-electron chi connectivity index (χ2n) is 5.73. The Morgan fingerprint density at radius 2 is 2.30 bits per heavy atom. The molecule has 1 aromatic heterocycles. The third-order valence-electron chi connectivity index (χ3n) is 4.56. The van der Waals surface area contributed by atoms with Crippen LogP contribution in [0, 0.1) is 5.92 Å². The van der Waals surface area contributed by atoms with Crippen molar-refractivity contribution in [3.63, 3.8) is 0 Å². The molecule has 1 N–H and O–H groups in total. The highest BCUT2D eigenvalue weighted by Crippen LogP contribution is 2.36. The Balaban J connectivity index is 2.00. The van der Waals surface area contributed by atoms with Gasteiger partial charge in [-0.3, -0.25) is 0 Å². The molecule has 0 bridgehead atoms. The zero-order chi connectivity index (χ0) is 14.1. The molecule has 3 rings (SSSR count). The van der Waals surface area contributed by atoms with Gasteiger partial charge in [0.1, 0.15) is 5.52 Å². The van der Waals surface area contributed by atoms with E-state index in [1.807, 2.05) is 18.5 Å². The summed E-state index contributed by atoms with van der Waals surface area (Å²) in [6.45, 7) is 2.25. The first kappa shape index (κ1) is 13.2. The van der Waals surface area contributed by atoms with E-state index in [1.165, 1.54) is 32.1 Å². The van der Waals surface area contributed by atoms with Crippen LogP contribution in [0.15, 0.2) is 24.5 Å². The van der Waals surface area contributed by atoms with Crippen LogP contribution in [0.4, 0.5) is 0 Å². The Bertz CT molecular complexity index is 632. The highest BCUT2D eigenvalue weighted by Gasteiger charge is 2.24. The Hall–Kier alpha value is -1.84. The minimum absolute atomic E-state index is 0.295. The molecule has 1 saturated carbocycles. The Morgan fingerprint density at radius 3 is 3.05 bits per heavy atom. The first-order valence-corrected chi connectivity index (χ1v) is 7.39. The van der Waals surface area contributed by atoms with Crippen LogP contribution in [0.2, 0.25) is 0 Å². The van der Waals surface area contributed by atoms with E-state index in [0.717, 1.165) is 11.4 Å².